The van der Waals surface area contributed by atoms with Gasteiger partial charge in [0, 0.05) is 11.3 Å². The number of hydrogen-bond acceptors (Lipinski definition) is 2. The fraction of sp³-hybridized carbons (Fsp3) is 0.462. The first-order valence-electron chi connectivity index (χ1n) is 5.92. The second-order valence-electron chi connectivity index (χ2n) is 4.60. The zero-order valence-corrected chi connectivity index (χ0v) is 9.58. The van der Waals surface area contributed by atoms with Gasteiger partial charge in [0.2, 0.25) is 0 Å². The molecule has 3 nitrogen and oxygen atoms in total. The van der Waals surface area contributed by atoms with E-state index in [-0.39, 0.29) is 17.2 Å². The molecule has 1 aliphatic carbocycles. The van der Waals surface area contributed by atoms with E-state index < -0.39 is 11.8 Å². The third-order valence-corrected chi connectivity index (χ3v) is 3.42. The number of anilines is 1. The number of hydrogen-bond donors (Lipinski definition) is 2. The average Bonchev–Trinajstić information content (AvgIpc) is 2.29. The van der Waals surface area contributed by atoms with Gasteiger partial charge < -0.3 is 10.8 Å². The number of aromatic carboxylic acids is 1. The van der Waals surface area contributed by atoms with E-state index in [1.54, 1.807) is 0 Å². The second kappa shape index (κ2) is 4.73. The highest BCUT2D eigenvalue weighted by Crippen LogP contribution is 2.37. The second-order valence-corrected chi connectivity index (χ2v) is 4.60. The Hall–Kier alpha value is -1.58. The lowest BCUT2D eigenvalue weighted by Gasteiger charge is -2.23. The minimum atomic E-state index is -1.15. The quantitative estimate of drug-likeness (QED) is 0.776. The molecule has 1 fully saturated rings. The van der Waals surface area contributed by atoms with Crippen LogP contribution in [0.5, 0.6) is 0 Å². The highest BCUT2D eigenvalue weighted by molar-refractivity contribution is 5.89. The maximum absolute atomic E-state index is 13.9. The van der Waals surface area contributed by atoms with E-state index in [9.17, 15) is 9.18 Å². The van der Waals surface area contributed by atoms with Crippen molar-refractivity contribution in [2.24, 2.45) is 0 Å². The van der Waals surface area contributed by atoms with Gasteiger partial charge in [0.25, 0.3) is 0 Å². The van der Waals surface area contributed by atoms with Gasteiger partial charge >= 0.3 is 5.97 Å². The van der Waals surface area contributed by atoms with Crippen molar-refractivity contribution in [3.63, 3.8) is 0 Å². The van der Waals surface area contributed by atoms with Crippen LogP contribution < -0.4 is 5.73 Å². The van der Waals surface area contributed by atoms with E-state index in [4.69, 9.17) is 10.8 Å². The largest absolute Gasteiger partial charge is 0.478 e. The number of benzene rings is 1. The summed E-state index contributed by atoms with van der Waals surface area (Å²) < 4.78 is 13.9. The molecule has 0 aliphatic heterocycles. The smallest absolute Gasteiger partial charge is 0.335 e. The van der Waals surface area contributed by atoms with Crippen LogP contribution in [0, 0.1) is 5.82 Å². The maximum Gasteiger partial charge on any atom is 0.335 e. The van der Waals surface area contributed by atoms with E-state index in [2.05, 4.69) is 0 Å². The standard InChI is InChI=1S/C13H16FNO2/c14-10-6-9(13(16)17)7-11(15)12(10)8-4-2-1-3-5-8/h6-8H,1-5,15H2,(H,16,17). The van der Waals surface area contributed by atoms with Crippen LogP contribution >= 0.6 is 0 Å². The van der Waals surface area contributed by atoms with E-state index >= 15 is 0 Å². The molecule has 0 radical (unpaired) electrons. The van der Waals surface area contributed by atoms with Crippen LogP contribution in [0.4, 0.5) is 10.1 Å². The molecule has 0 amide bonds. The molecule has 0 atom stereocenters. The van der Waals surface area contributed by atoms with Crippen LogP contribution in [-0.2, 0) is 0 Å². The highest BCUT2D eigenvalue weighted by Gasteiger charge is 2.22. The van der Waals surface area contributed by atoms with Gasteiger partial charge in [-0.2, -0.15) is 0 Å². The number of rotatable bonds is 2. The fourth-order valence-electron chi connectivity index (χ4n) is 2.58. The average molecular weight is 237 g/mol. The third kappa shape index (κ3) is 2.40. The van der Waals surface area contributed by atoms with Crippen LogP contribution in [0.2, 0.25) is 0 Å². The predicted octanol–water partition coefficient (Wildman–Crippen LogP) is 3.15. The molecule has 1 aliphatic rings. The van der Waals surface area contributed by atoms with Crippen LogP contribution in [0.15, 0.2) is 12.1 Å². The molecule has 0 saturated heterocycles. The van der Waals surface area contributed by atoms with Crippen molar-refractivity contribution in [2.45, 2.75) is 38.0 Å². The summed E-state index contributed by atoms with van der Waals surface area (Å²) >= 11 is 0. The molecule has 1 saturated carbocycles. The molecule has 4 heteroatoms. The Morgan fingerprint density at radius 2 is 1.94 bits per heavy atom. The molecule has 0 heterocycles. The molecule has 0 bridgehead atoms. The summed E-state index contributed by atoms with van der Waals surface area (Å²) in [6.07, 6.45) is 5.24. The predicted molar refractivity (Wildman–Crippen MR) is 63.6 cm³/mol. The summed E-state index contributed by atoms with van der Waals surface area (Å²) in [4.78, 5) is 10.8. The van der Waals surface area contributed by atoms with Gasteiger partial charge in [-0.1, -0.05) is 19.3 Å². The number of carboxylic acids is 1. The van der Waals surface area contributed by atoms with Gasteiger partial charge in [-0.3, -0.25) is 0 Å². The number of halogens is 1. The molecule has 2 rings (SSSR count). The van der Waals surface area contributed by atoms with Gasteiger partial charge in [0.05, 0.1) is 5.56 Å². The SMILES string of the molecule is Nc1cc(C(=O)O)cc(F)c1C1CCCCC1. The van der Waals surface area contributed by atoms with E-state index in [0.717, 1.165) is 31.7 Å². The molecule has 0 unspecified atom stereocenters. The Balaban J connectivity index is 2.37. The maximum atomic E-state index is 13.9. The monoisotopic (exact) mass is 237 g/mol. The number of nitrogens with two attached hydrogens (primary N) is 1. The Kier molecular flexibility index (Phi) is 3.31. The fourth-order valence-corrected chi connectivity index (χ4v) is 2.58. The zero-order valence-electron chi connectivity index (χ0n) is 9.58. The number of nitrogen functional groups attached to an aromatic ring is 1. The van der Waals surface area contributed by atoms with E-state index in [1.165, 1.54) is 12.5 Å². The zero-order chi connectivity index (χ0) is 12.4. The van der Waals surface area contributed by atoms with Crippen LogP contribution in [0.1, 0.15) is 53.9 Å². The molecule has 17 heavy (non-hydrogen) atoms. The van der Waals surface area contributed by atoms with Gasteiger partial charge in [0.1, 0.15) is 5.82 Å². The topological polar surface area (TPSA) is 63.3 Å². The molecule has 0 aromatic heterocycles. The lowest BCUT2D eigenvalue weighted by atomic mass is 9.83. The summed E-state index contributed by atoms with van der Waals surface area (Å²) in [5.74, 6) is -1.48. The molecule has 3 N–H and O–H groups in total. The molecule has 0 spiro atoms. The minimum Gasteiger partial charge on any atom is -0.478 e. The summed E-state index contributed by atoms with van der Waals surface area (Å²) in [6, 6.07) is 2.43. The molecule has 92 valence electrons. The summed E-state index contributed by atoms with van der Waals surface area (Å²) in [6.45, 7) is 0. The van der Waals surface area contributed by atoms with Crippen molar-refractivity contribution < 1.29 is 14.3 Å². The van der Waals surface area contributed by atoms with Crippen molar-refractivity contribution >= 4 is 11.7 Å². The van der Waals surface area contributed by atoms with Crippen molar-refractivity contribution in [3.8, 4) is 0 Å². The Labute approximate surface area is 99.4 Å². The molecule has 1 aromatic carbocycles. The van der Waals surface area contributed by atoms with E-state index in [0.29, 0.717) is 5.56 Å². The van der Waals surface area contributed by atoms with Crippen LogP contribution in [-0.4, -0.2) is 11.1 Å². The summed E-state index contributed by atoms with van der Waals surface area (Å²) in [7, 11) is 0. The van der Waals surface area contributed by atoms with Crippen molar-refractivity contribution in [1.29, 1.82) is 0 Å². The number of carboxylic acid groups (broad SMARTS) is 1. The van der Waals surface area contributed by atoms with Crippen LogP contribution in [0.25, 0.3) is 0 Å². The lowest BCUT2D eigenvalue weighted by molar-refractivity contribution is 0.0696. The van der Waals surface area contributed by atoms with Gasteiger partial charge in [-0.25, -0.2) is 9.18 Å². The molecular formula is C13H16FNO2. The van der Waals surface area contributed by atoms with Crippen molar-refractivity contribution in [3.05, 3.63) is 29.1 Å². The first-order valence-corrected chi connectivity index (χ1v) is 5.92. The third-order valence-electron chi connectivity index (χ3n) is 3.42. The minimum absolute atomic E-state index is 0.0837. The summed E-state index contributed by atoms with van der Waals surface area (Å²) in [5.41, 5.74) is 6.49. The number of carbonyl (C=O) groups is 1. The lowest BCUT2D eigenvalue weighted by Crippen LogP contribution is -2.11. The van der Waals surface area contributed by atoms with Gasteiger partial charge in [-0.15, -0.1) is 0 Å². The Morgan fingerprint density at radius 1 is 1.29 bits per heavy atom. The van der Waals surface area contributed by atoms with Crippen molar-refractivity contribution in [1.82, 2.24) is 0 Å². The van der Waals surface area contributed by atoms with Crippen molar-refractivity contribution in [2.75, 3.05) is 5.73 Å². The Bertz CT molecular complexity index is 416. The molecule has 1 aromatic rings. The normalized spacial score (nSPS) is 17.0. The van der Waals surface area contributed by atoms with Gasteiger partial charge in [0.15, 0.2) is 0 Å². The highest BCUT2D eigenvalue weighted by atomic mass is 19.1. The summed E-state index contributed by atoms with van der Waals surface area (Å²) in [5, 5.41) is 8.81. The van der Waals surface area contributed by atoms with E-state index in [1.807, 2.05) is 0 Å². The Morgan fingerprint density at radius 3 is 2.47 bits per heavy atom. The molecular weight excluding hydrogens is 221 g/mol. The first kappa shape index (κ1) is 11.9. The van der Waals surface area contributed by atoms with Gasteiger partial charge in [-0.05, 0) is 30.9 Å². The first-order chi connectivity index (χ1) is 8.09. The van der Waals surface area contributed by atoms with Crippen LogP contribution in [0.3, 0.4) is 0 Å².